The monoisotopic (exact) mass is 271 g/mol. The predicted molar refractivity (Wildman–Crippen MR) is 80.4 cm³/mol. The Morgan fingerprint density at radius 1 is 1.30 bits per heavy atom. The summed E-state index contributed by atoms with van der Waals surface area (Å²) in [5.41, 5.74) is 1.26. The van der Waals surface area contributed by atoms with Crippen molar-refractivity contribution in [1.29, 1.82) is 0 Å². The molecule has 1 heterocycles. The van der Waals surface area contributed by atoms with E-state index >= 15 is 0 Å². The fourth-order valence-electron chi connectivity index (χ4n) is 2.12. The van der Waals surface area contributed by atoms with Crippen LogP contribution in [0.5, 0.6) is 0 Å². The Labute approximate surface area is 120 Å². The number of hydrogen-bond donors (Lipinski definition) is 1. The minimum atomic E-state index is -0.0649. The predicted octanol–water partition coefficient (Wildman–Crippen LogP) is 2.64. The zero-order valence-corrected chi connectivity index (χ0v) is 11.6. The molecule has 1 amide bonds. The minimum Gasteiger partial charge on any atom is -0.376 e. The Hall–Kier alpha value is -1.87. The number of ether oxygens (including phenoxy) is 1. The maximum absolute atomic E-state index is 11.5. The number of carbonyl (C=O) groups is 1. The maximum atomic E-state index is 11.5. The van der Waals surface area contributed by atoms with Crippen molar-refractivity contribution in [1.82, 2.24) is 5.32 Å². The van der Waals surface area contributed by atoms with Crippen molar-refractivity contribution in [2.24, 2.45) is 0 Å². The van der Waals surface area contributed by atoms with Crippen LogP contribution in [0.3, 0.4) is 0 Å². The first kappa shape index (κ1) is 14.5. The normalized spacial score (nSPS) is 18.9. The van der Waals surface area contributed by atoms with Crippen LogP contribution in [0.2, 0.25) is 0 Å². The van der Waals surface area contributed by atoms with Gasteiger partial charge in [-0.15, -0.1) is 0 Å². The molecule has 1 aliphatic rings. The van der Waals surface area contributed by atoms with Crippen LogP contribution in [0.1, 0.15) is 18.4 Å². The lowest BCUT2D eigenvalue weighted by molar-refractivity contribution is -0.117. The molecule has 0 spiro atoms. The van der Waals surface area contributed by atoms with Crippen LogP contribution in [-0.4, -0.2) is 25.2 Å². The van der Waals surface area contributed by atoms with Crippen LogP contribution in [0.25, 0.3) is 0 Å². The lowest BCUT2D eigenvalue weighted by Gasteiger charge is -2.08. The van der Waals surface area contributed by atoms with Gasteiger partial charge in [0, 0.05) is 19.2 Å². The molecule has 0 radical (unpaired) electrons. The molecule has 106 valence electrons. The first-order chi connectivity index (χ1) is 9.84. The Balaban J connectivity index is 1.63. The van der Waals surface area contributed by atoms with Crippen molar-refractivity contribution in [2.75, 3.05) is 13.2 Å². The van der Waals surface area contributed by atoms with Gasteiger partial charge in [0.15, 0.2) is 0 Å². The standard InChI is InChI=1S/C17H21NO2/c19-17(18-14-16-11-7-13-20-16)12-6-2-5-10-15-8-3-1-4-9-15/h1-6,8-9,12,16H,7,10-11,13-14H2,(H,18,19). The van der Waals surface area contributed by atoms with Crippen molar-refractivity contribution < 1.29 is 9.53 Å². The highest BCUT2D eigenvalue weighted by molar-refractivity contribution is 5.87. The molecular weight excluding hydrogens is 250 g/mol. The summed E-state index contributed by atoms with van der Waals surface area (Å²) in [6.45, 7) is 1.43. The van der Waals surface area contributed by atoms with Crippen molar-refractivity contribution >= 4 is 5.91 Å². The van der Waals surface area contributed by atoms with Crippen molar-refractivity contribution in [3.05, 3.63) is 60.2 Å². The summed E-state index contributed by atoms with van der Waals surface area (Å²) in [5.74, 6) is -0.0649. The molecular formula is C17H21NO2. The van der Waals surface area contributed by atoms with E-state index in [1.807, 2.05) is 30.4 Å². The molecule has 0 aromatic heterocycles. The van der Waals surface area contributed by atoms with Gasteiger partial charge in [-0.3, -0.25) is 4.79 Å². The summed E-state index contributed by atoms with van der Waals surface area (Å²) in [5, 5.41) is 2.85. The Bertz CT molecular complexity index is 459. The van der Waals surface area contributed by atoms with Gasteiger partial charge >= 0.3 is 0 Å². The fraction of sp³-hybridized carbons (Fsp3) is 0.353. The lowest BCUT2D eigenvalue weighted by atomic mass is 10.1. The van der Waals surface area contributed by atoms with Crippen molar-refractivity contribution in [2.45, 2.75) is 25.4 Å². The molecule has 1 aromatic carbocycles. The van der Waals surface area contributed by atoms with Gasteiger partial charge in [-0.2, -0.15) is 0 Å². The molecule has 1 fully saturated rings. The third-order valence-electron chi connectivity index (χ3n) is 3.22. The third-order valence-corrected chi connectivity index (χ3v) is 3.22. The highest BCUT2D eigenvalue weighted by Crippen LogP contribution is 2.10. The third kappa shape index (κ3) is 5.41. The van der Waals surface area contributed by atoms with Crippen molar-refractivity contribution in [3.63, 3.8) is 0 Å². The highest BCUT2D eigenvalue weighted by Gasteiger charge is 2.15. The largest absolute Gasteiger partial charge is 0.376 e. The van der Waals surface area contributed by atoms with Crippen LogP contribution >= 0.6 is 0 Å². The molecule has 1 aromatic rings. The van der Waals surface area contributed by atoms with E-state index in [1.54, 1.807) is 12.2 Å². The van der Waals surface area contributed by atoms with Crippen LogP contribution < -0.4 is 5.32 Å². The Morgan fingerprint density at radius 3 is 2.90 bits per heavy atom. The van der Waals surface area contributed by atoms with Gasteiger partial charge in [0.1, 0.15) is 0 Å². The van der Waals surface area contributed by atoms with E-state index in [9.17, 15) is 4.79 Å². The molecule has 20 heavy (non-hydrogen) atoms. The quantitative estimate of drug-likeness (QED) is 0.638. The minimum absolute atomic E-state index is 0.0649. The van der Waals surface area contributed by atoms with Crippen LogP contribution in [0, 0.1) is 0 Å². The van der Waals surface area contributed by atoms with E-state index in [2.05, 4.69) is 17.4 Å². The molecule has 0 aliphatic carbocycles. The smallest absolute Gasteiger partial charge is 0.244 e. The van der Waals surface area contributed by atoms with Gasteiger partial charge in [-0.05, 0) is 24.8 Å². The van der Waals surface area contributed by atoms with Crippen LogP contribution in [0.15, 0.2) is 54.6 Å². The summed E-state index contributed by atoms with van der Waals surface area (Å²) >= 11 is 0. The van der Waals surface area contributed by atoms with E-state index in [1.165, 1.54) is 5.56 Å². The highest BCUT2D eigenvalue weighted by atomic mass is 16.5. The molecule has 1 atom stereocenters. The summed E-state index contributed by atoms with van der Waals surface area (Å²) in [6, 6.07) is 10.2. The zero-order chi connectivity index (χ0) is 14.0. The van der Waals surface area contributed by atoms with Gasteiger partial charge < -0.3 is 10.1 Å². The van der Waals surface area contributed by atoms with Gasteiger partial charge in [0.25, 0.3) is 0 Å². The van der Waals surface area contributed by atoms with Gasteiger partial charge in [0.05, 0.1) is 6.10 Å². The number of hydrogen-bond acceptors (Lipinski definition) is 2. The van der Waals surface area contributed by atoms with E-state index in [0.29, 0.717) is 6.54 Å². The van der Waals surface area contributed by atoms with E-state index < -0.39 is 0 Å². The molecule has 3 heteroatoms. The molecule has 1 unspecified atom stereocenters. The molecule has 2 rings (SSSR count). The molecule has 3 nitrogen and oxygen atoms in total. The van der Waals surface area contributed by atoms with E-state index in [4.69, 9.17) is 4.74 Å². The van der Waals surface area contributed by atoms with Crippen molar-refractivity contribution in [3.8, 4) is 0 Å². The second kappa shape index (κ2) is 8.33. The van der Waals surface area contributed by atoms with Crippen LogP contribution in [0.4, 0.5) is 0 Å². The molecule has 1 N–H and O–H groups in total. The topological polar surface area (TPSA) is 38.3 Å². The summed E-state index contributed by atoms with van der Waals surface area (Å²) in [4.78, 5) is 11.5. The molecule has 1 aliphatic heterocycles. The average molecular weight is 271 g/mol. The summed E-state index contributed by atoms with van der Waals surface area (Å²) in [7, 11) is 0. The van der Waals surface area contributed by atoms with E-state index in [0.717, 1.165) is 25.9 Å². The molecule has 1 saturated heterocycles. The first-order valence-electron chi connectivity index (χ1n) is 7.11. The van der Waals surface area contributed by atoms with Gasteiger partial charge in [-0.1, -0.05) is 48.6 Å². The number of nitrogens with one attached hydrogen (secondary N) is 1. The number of amides is 1. The number of carbonyl (C=O) groups excluding carboxylic acids is 1. The number of allylic oxidation sites excluding steroid dienone is 3. The SMILES string of the molecule is O=C(C=CC=CCc1ccccc1)NCC1CCCO1. The van der Waals surface area contributed by atoms with Gasteiger partial charge in [0.2, 0.25) is 5.91 Å². The zero-order valence-electron chi connectivity index (χ0n) is 11.6. The summed E-state index contributed by atoms with van der Waals surface area (Å²) in [6.07, 6.45) is 10.5. The number of rotatable bonds is 6. The van der Waals surface area contributed by atoms with Gasteiger partial charge in [-0.25, -0.2) is 0 Å². The Kier molecular flexibility index (Phi) is 6.06. The fourth-order valence-corrected chi connectivity index (χ4v) is 2.12. The second-order valence-electron chi connectivity index (χ2n) is 4.86. The Morgan fingerprint density at radius 2 is 2.15 bits per heavy atom. The second-order valence-corrected chi connectivity index (χ2v) is 4.86. The maximum Gasteiger partial charge on any atom is 0.244 e. The number of benzene rings is 1. The van der Waals surface area contributed by atoms with Crippen LogP contribution in [-0.2, 0) is 16.0 Å². The lowest BCUT2D eigenvalue weighted by Crippen LogP contribution is -2.30. The molecule has 0 bridgehead atoms. The summed E-state index contributed by atoms with van der Waals surface area (Å²) < 4.78 is 5.44. The van der Waals surface area contributed by atoms with E-state index in [-0.39, 0.29) is 12.0 Å². The average Bonchev–Trinajstić information content (AvgIpc) is 2.99. The first-order valence-corrected chi connectivity index (χ1v) is 7.11. The molecule has 0 saturated carbocycles.